The molecule has 0 amide bonds. The van der Waals surface area contributed by atoms with Crippen molar-refractivity contribution in [3.8, 4) is 0 Å². The lowest BCUT2D eigenvalue weighted by molar-refractivity contribution is -0.126. The summed E-state index contributed by atoms with van der Waals surface area (Å²) in [5, 5.41) is 8.97. The van der Waals surface area contributed by atoms with Gasteiger partial charge < -0.3 is 5.11 Å². The third-order valence-corrected chi connectivity index (χ3v) is 2.76. The van der Waals surface area contributed by atoms with E-state index in [-0.39, 0.29) is 24.4 Å². The predicted octanol–water partition coefficient (Wildman–Crippen LogP) is 2.36. The molecule has 3 nitrogen and oxygen atoms in total. The van der Waals surface area contributed by atoms with Gasteiger partial charge in [0, 0.05) is 22.9 Å². The van der Waals surface area contributed by atoms with E-state index in [9.17, 15) is 9.59 Å². The maximum absolute atomic E-state index is 11.6. The molecule has 0 bridgehead atoms. The van der Waals surface area contributed by atoms with Crippen molar-refractivity contribution in [1.29, 1.82) is 0 Å². The zero-order valence-electron chi connectivity index (χ0n) is 8.94. The molecule has 0 aliphatic rings. The Kier molecular flexibility index (Phi) is 4.83. The van der Waals surface area contributed by atoms with Gasteiger partial charge in [-0.05, 0) is 19.1 Å². The lowest BCUT2D eigenvalue weighted by Crippen LogP contribution is -2.17. The van der Waals surface area contributed by atoms with Gasteiger partial charge in [0.05, 0.1) is 0 Å². The fourth-order valence-corrected chi connectivity index (χ4v) is 1.49. The minimum absolute atomic E-state index is 0.0819. The smallest absolute Gasteiger partial charge is 0.163 e. The number of aliphatic hydroxyl groups is 1. The van der Waals surface area contributed by atoms with Crippen molar-refractivity contribution in [2.24, 2.45) is 0 Å². The zero-order valence-corrected chi connectivity index (χ0v) is 10.5. The topological polar surface area (TPSA) is 54.4 Å². The van der Waals surface area contributed by atoms with Gasteiger partial charge in [0.25, 0.3) is 0 Å². The van der Waals surface area contributed by atoms with Crippen molar-refractivity contribution in [2.75, 3.05) is 0 Å². The van der Waals surface area contributed by atoms with Crippen LogP contribution < -0.4 is 0 Å². The van der Waals surface area contributed by atoms with Gasteiger partial charge in [-0.15, -0.1) is 0 Å². The van der Waals surface area contributed by atoms with Gasteiger partial charge in [-0.2, -0.15) is 0 Å². The Balaban J connectivity index is 2.53. The van der Waals surface area contributed by atoms with Gasteiger partial charge in [0.2, 0.25) is 0 Å². The van der Waals surface area contributed by atoms with E-state index in [1.165, 1.54) is 6.92 Å². The summed E-state index contributed by atoms with van der Waals surface area (Å²) in [7, 11) is 0. The van der Waals surface area contributed by atoms with E-state index >= 15 is 0 Å². The maximum Gasteiger partial charge on any atom is 0.163 e. The first-order valence-electron chi connectivity index (χ1n) is 5.00. The molecular formula is C12H13BrO3. The van der Waals surface area contributed by atoms with Gasteiger partial charge in [-0.25, -0.2) is 0 Å². The highest BCUT2D eigenvalue weighted by atomic mass is 79.9. The van der Waals surface area contributed by atoms with Crippen LogP contribution in [0.4, 0.5) is 0 Å². The van der Waals surface area contributed by atoms with Crippen molar-refractivity contribution in [3.63, 3.8) is 0 Å². The average molecular weight is 285 g/mol. The molecule has 0 heterocycles. The van der Waals surface area contributed by atoms with Crippen LogP contribution in [0.25, 0.3) is 0 Å². The van der Waals surface area contributed by atoms with Crippen molar-refractivity contribution >= 4 is 27.5 Å². The average Bonchev–Trinajstić information content (AvgIpc) is 2.26. The van der Waals surface area contributed by atoms with E-state index in [1.807, 2.05) is 0 Å². The first-order valence-corrected chi connectivity index (χ1v) is 5.79. The summed E-state index contributed by atoms with van der Waals surface area (Å²) < 4.78 is 0.907. The highest BCUT2D eigenvalue weighted by Crippen LogP contribution is 2.12. The molecule has 1 N–H and O–H groups in total. The molecule has 0 aliphatic carbocycles. The zero-order chi connectivity index (χ0) is 12.1. The molecule has 0 unspecified atom stereocenters. The number of carbonyl (C=O) groups is 2. The van der Waals surface area contributed by atoms with Gasteiger partial charge in [-0.1, -0.05) is 28.1 Å². The standard InChI is InChI=1S/C12H13BrO3/c1-8(14)11(15)6-7-12(16)9-2-4-10(13)5-3-9/h2-5,8,14H,6-7H2,1H3/t8-/m0/s1. The number of hydrogen-bond acceptors (Lipinski definition) is 3. The SMILES string of the molecule is C[C@H](O)C(=O)CCC(=O)c1ccc(Br)cc1. The number of rotatable bonds is 5. The van der Waals surface area contributed by atoms with Crippen LogP contribution in [0.2, 0.25) is 0 Å². The molecular weight excluding hydrogens is 272 g/mol. The minimum atomic E-state index is -0.988. The Morgan fingerprint density at radius 2 is 1.81 bits per heavy atom. The van der Waals surface area contributed by atoms with Crippen LogP contribution in [-0.2, 0) is 4.79 Å². The number of aliphatic hydroxyl groups excluding tert-OH is 1. The van der Waals surface area contributed by atoms with Gasteiger partial charge >= 0.3 is 0 Å². The second-order valence-electron chi connectivity index (χ2n) is 3.57. The first-order chi connectivity index (χ1) is 7.50. The number of ketones is 2. The van der Waals surface area contributed by atoms with Crippen LogP contribution in [-0.4, -0.2) is 22.8 Å². The third-order valence-electron chi connectivity index (χ3n) is 2.23. The monoisotopic (exact) mass is 284 g/mol. The number of halogens is 1. The van der Waals surface area contributed by atoms with Gasteiger partial charge in [0.1, 0.15) is 6.10 Å². The summed E-state index contributed by atoms with van der Waals surface area (Å²) in [5.74, 6) is -0.382. The molecule has 86 valence electrons. The van der Waals surface area contributed by atoms with Crippen LogP contribution in [0.3, 0.4) is 0 Å². The van der Waals surface area contributed by atoms with E-state index in [0.717, 1.165) is 4.47 Å². The largest absolute Gasteiger partial charge is 0.386 e. The minimum Gasteiger partial charge on any atom is -0.386 e. The molecule has 1 rings (SSSR count). The lowest BCUT2D eigenvalue weighted by Gasteiger charge is -2.03. The molecule has 1 aromatic rings. The van der Waals surface area contributed by atoms with Crippen molar-refractivity contribution in [3.05, 3.63) is 34.3 Å². The van der Waals surface area contributed by atoms with Crippen LogP contribution in [0, 0.1) is 0 Å². The summed E-state index contributed by atoms with van der Waals surface area (Å²) in [6.07, 6.45) is -0.754. The van der Waals surface area contributed by atoms with E-state index in [2.05, 4.69) is 15.9 Å². The van der Waals surface area contributed by atoms with Crippen molar-refractivity contribution in [2.45, 2.75) is 25.9 Å². The molecule has 0 saturated heterocycles. The highest BCUT2D eigenvalue weighted by Gasteiger charge is 2.12. The van der Waals surface area contributed by atoms with Gasteiger partial charge in [-0.3, -0.25) is 9.59 Å². The lowest BCUT2D eigenvalue weighted by atomic mass is 10.0. The van der Waals surface area contributed by atoms with Crippen LogP contribution >= 0.6 is 15.9 Å². The number of carbonyl (C=O) groups excluding carboxylic acids is 2. The fraction of sp³-hybridized carbons (Fsp3) is 0.333. The quantitative estimate of drug-likeness (QED) is 0.845. The van der Waals surface area contributed by atoms with Crippen molar-refractivity contribution in [1.82, 2.24) is 0 Å². The number of benzene rings is 1. The van der Waals surface area contributed by atoms with Crippen LogP contribution in [0.1, 0.15) is 30.1 Å². The normalized spacial score (nSPS) is 12.2. The molecule has 0 aromatic heterocycles. The molecule has 1 aromatic carbocycles. The second kappa shape index (κ2) is 5.92. The van der Waals surface area contributed by atoms with E-state index < -0.39 is 6.10 Å². The molecule has 0 aliphatic heterocycles. The summed E-state index contributed by atoms with van der Waals surface area (Å²) in [6.45, 7) is 1.41. The first kappa shape index (κ1) is 13.1. The molecule has 4 heteroatoms. The Hall–Kier alpha value is -1.000. The van der Waals surface area contributed by atoms with Crippen LogP contribution in [0.5, 0.6) is 0 Å². The number of hydrogen-bond donors (Lipinski definition) is 1. The summed E-state index contributed by atoms with van der Waals surface area (Å²) in [5.41, 5.74) is 0.585. The molecule has 0 radical (unpaired) electrons. The maximum atomic E-state index is 11.6. The van der Waals surface area contributed by atoms with Gasteiger partial charge in [0.15, 0.2) is 11.6 Å². The molecule has 0 saturated carbocycles. The van der Waals surface area contributed by atoms with E-state index in [1.54, 1.807) is 24.3 Å². The Morgan fingerprint density at radius 3 is 2.31 bits per heavy atom. The summed E-state index contributed by atoms with van der Waals surface area (Å²) in [6, 6.07) is 6.98. The highest BCUT2D eigenvalue weighted by molar-refractivity contribution is 9.10. The Morgan fingerprint density at radius 1 is 1.25 bits per heavy atom. The predicted molar refractivity (Wildman–Crippen MR) is 64.4 cm³/mol. The molecule has 0 fully saturated rings. The van der Waals surface area contributed by atoms with E-state index in [4.69, 9.17) is 5.11 Å². The van der Waals surface area contributed by atoms with Crippen molar-refractivity contribution < 1.29 is 14.7 Å². The third kappa shape index (κ3) is 3.87. The molecule has 1 atom stereocenters. The molecule has 16 heavy (non-hydrogen) atoms. The summed E-state index contributed by atoms with van der Waals surface area (Å²) in [4.78, 5) is 22.8. The van der Waals surface area contributed by atoms with Crippen LogP contribution in [0.15, 0.2) is 28.7 Å². The fourth-order valence-electron chi connectivity index (χ4n) is 1.23. The Labute approximate surface area is 103 Å². The van der Waals surface area contributed by atoms with E-state index in [0.29, 0.717) is 5.56 Å². The summed E-state index contributed by atoms with van der Waals surface area (Å²) >= 11 is 3.28. The molecule has 0 spiro atoms. The second-order valence-corrected chi connectivity index (χ2v) is 4.49. The number of Topliss-reactive ketones (excluding diaryl/α,β-unsaturated/α-hetero) is 2. The Bertz CT molecular complexity index is 382.